The molecule has 7 nitrogen and oxygen atoms in total. The minimum absolute atomic E-state index is 0.174. The lowest BCUT2D eigenvalue weighted by Crippen LogP contribution is -2.36. The van der Waals surface area contributed by atoms with E-state index in [9.17, 15) is 9.90 Å². The summed E-state index contributed by atoms with van der Waals surface area (Å²) < 4.78 is 1.64. The van der Waals surface area contributed by atoms with Gasteiger partial charge in [-0.05, 0) is 29.8 Å². The van der Waals surface area contributed by atoms with Crippen LogP contribution in [0.3, 0.4) is 0 Å². The van der Waals surface area contributed by atoms with Gasteiger partial charge in [-0.15, -0.1) is 5.10 Å². The van der Waals surface area contributed by atoms with Crippen LogP contribution in [0.25, 0.3) is 11.3 Å². The Morgan fingerprint density at radius 2 is 1.85 bits per heavy atom. The third-order valence-corrected chi connectivity index (χ3v) is 4.10. The highest BCUT2D eigenvalue weighted by molar-refractivity contribution is 5.74. The monoisotopic (exact) mass is 351 g/mol. The third-order valence-electron chi connectivity index (χ3n) is 4.10. The number of phenols is 1. The summed E-state index contributed by atoms with van der Waals surface area (Å²) in [5.41, 5.74) is 3.37. The van der Waals surface area contributed by atoms with E-state index in [1.165, 1.54) is 0 Å². The lowest BCUT2D eigenvalue weighted by molar-refractivity contribution is 0.206. The number of hydrogen-bond acceptors (Lipinski definition) is 4. The maximum Gasteiger partial charge on any atom is 0.317 e. The number of aryl methyl sites for hydroxylation is 1. The van der Waals surface area contributed by atoms with E-state index in [-0.39, 0.29) is 11.8 Å². The number of rotatable bonds is 5. The average molecular weight is 351 g/mol. The molecule has 0 bridgehead atoms. The van der Waals surface area contributed by atoms with Gasteiger partial charge in [-0.2, -0.15) is 0 Å². The Labute approximate surface area is 151 Å². The van der Waals surface area contributed by atoms with Crippen molar-refractivity contribution in [1.82, 2.24) is 25.2 Å². The lowest BCUT2D eigenvalue weighted by atomic mass is 10.1. The Morgan fingerprint density at radius 1 is 1.15 bits per heavy atom. The Kier molecular flexibility index (Phi) is 5.17. The zero-order valence-corrected chi connectivity index (χ0v) is 14.8. The van der Waals surface area contributed by atoms with E-state index in [0.29, 0.717) is 18.8 Å². The van der Waals surface area contributed by atoms with Gasteiger partial charge in [0.2, 0.25) is 0 Å². The number of nitrogens with zero attached hydrogens (tertiary/aromatic N) is 4. The van der Waals surface area contributed by atoms with Crippen LogP contribution in [0.1, 0.15) is 11.3 Å². The van der Waals surface area contributed by atoms with Gasteiger partial charge >= 0.3 is 6.03 Å². The summed E-state index contributed by atoms with van der Waals surface area (Å²) in [5.74, 6) is 0.190. The van der Waals surface area contributed by atoms with E-state index >= 15 is 0 Å². The molecule has 2 aromatic carbocycles. The molecule has 0 radical (unpaired) electrons. The van der Waals surface area contributed by atoms with Crippen molar-refractivity contribution in [3.8, 4) is 17.0 Å². The maximum absolute atomic E-state index is 12.4. The normalized spacial score (nSPS) is 10.5. The number of carbonyl (C=O) groups is 1. The van der Waals surface area contributed by atoms with Crippen molar-refractivity contribution in [2.45, 2.75) is 13.1 Å². The highest BCUT2D eigenvalue weighted by Gasteiger charge is 2.15. The first-order valence-electron chi connectivity index (χ1n) is 8.25. The molecule has 0 fully saturated rings. The van der Waals surface area contributed by atoms with Gasteiger partial charge in [0.15, 0.2) is 0 Å². The van der Waals surface area contributed by atoms with Gasteiger partial charge in [0.1, 0.15) is 11.4 Å². The van der Waals surface area contributed by atoms with Crippen LogP contribution in [0.15, 0.2) is 54.6 Å². The Balaban J connectivity index is 1.67. The van der Waals surface area contributed by atoms with Gasteiger partial charge < -0.3 is 15.3 Å². The first-order chi connectivity index (χ1) is 12.5. The van der Waals surface area contributed by atoms with Gasteiger partial charge in [-0.1, -0.05) is 35.5 Å². The van der Waals surface area contributed by atoms with Crippen molar-refractivity contribution in [2.75, 3.05) is 7.05 Å². The van der Waals surface area contributed by atoms with Crippen molar-refractivity contribution in [2.24, 2.45) is 7.05 Å². The number of aromatic hydroxyl groups is 1. The van der Waals surface area contributed by atoms with Gasteiger partial charge in [0.05, 0.1) is 12.2 Å². The molecule has 0 spiro atoms. The van der Waals surface area contributed by atoms with Crippen molar-refractivity contribution in [3.05, 3.63) is 65.9 Å². The van der Waals surface area contributed by atoms with Crippen molar-refractivity contribution in [3.63, 3.8) is 0 Å². The molecule has 1 aromatic heterocycles. The summed E-state index contributed by atoms with van der Waals surface area (Å²) in [6.07, 6.45) is 0. The van der Waals surface area contributed by atoms with Crippen LogP contribution >= 0.6 is 0 Å². The second-order valence-corrected chi connectivity index (χ2v) is 6.06. The number of carbonyl (C=O) groups excluding carboxylic acids is 1. The molecule has 3 rings (SSSR count). The molecule has 0 saturated carbocycles. The molecular formula is C19H21N5O2. The molecule has 0 saturated heterocycles. The summed E-state index contributed by atoms with van der Waals surface area (Å²) in [4.78, 5) is 14.0. The van der Waals surface area contributed by atoms with Crippen LogP contribution in [0.2, 0.25) is 0 Å². The van der Waals surface area contributed by atoms with Gasteiger partial charge in [-0.25, -0.2) is 9.48 Å². The van der Waals surface area contributed by atoms with Crippen LogP contribution in [-0.4, -0.2) is 38.1 Å². The van der Waals surface area contributed by atoms with Crippen LogP contribution < -0.4 is 5.32 Å². The zero-order chi connectivity index (χ0) is 18.5. The average Bonchev–Trinajstić information content (AvgIpc) is 3.01. The molecule has 0 aliphatic rings. The first kappa shape index (κ1) is 17.5. The second-order valence-electron chi connectivity index (χ2n) is 6.06. The Hall–Kier alpha value is -3.35. The molecule has 26 heavy (non-hydrogen) atoms. The minimum atomic E-state index is -0.174. The van der Waals surface area contributed by atoms with E-state index in [1.54, 1.807) is 47.9 Å². The van der Waals surface area contributed by atoms with E-state index in [4.69, 9.17) is 0 Å². The number of aromatic nitrogens is 3. The molecule has 0 aliphatic carbocycles. The van der Waals surface area contributed by atoms with Crippen LogP contribution in [0, 0.1) is 0 Å². The third kappa shape index (κ3) is 4.00. The van der Waals surface area contributed by atoms with Crippen molar-refractivity contribution >= 4 is 6.03 Å². The molecule has 3 aromatic rings. The van der Waals surface area contributed by atoms with Gasteiger partial charge in [0, 0.05) is 26.2 Å². The number of phenolic OH excluding ortho intramolecular Hbond substituents is 1. The highest BCUT2D eigenvalue weighted by Crippen LogP contribution is 2.23. The van der Waals surface area contributed by atoms with E-state index in [0.717, 1.165) is 16.8 Å². The maximum atomic E-state index is 12.4. The molecule has 2 N–H and O–H groups in total. The molecule has 0 atom stereocenters. The molecular weight excluding hydrogens is 330 g/mol. The molecule has 134 valence electrons. The quantitative estimate of drug-likeness (QED) is 0.740. The Bertz CT molecular complexity index is 875. The molecule has 2 amide bonds. The molecule has 1 heterocycles. The summed E-state index contributed by atoms with van der Waals surface area (Å²) >= 11 is 0. The van der Waals surface area contributed by atoms with E-state index in [2.05, 4.69) is 15.6 Å². The topological polar surface area (TPSA) is 83.3 Å². The van der Waals surface area contributed by atoms with E-state index < -0.39 is 0 Å². The second kappa shape index (κ2) is 7.69. The molecule has 7 heteroatoms. The van der Waals surface area contributed by atoms with Gasteiger partial charge in [0.25, 0.3) is 0 Å². The van der Waals surface area contributed by atoms with Crippen molar-refractivity contribution < 1.29 is 9.90 Å². The van der Waals surface area contributed by atoms with Crippen LogP contribution in [-0.2, 0) is 20.1 Å². The molecule has 0 aliphatic heterocycles. The largest absolute Gasteiger partial charge is 0.508 e. The van der Waals surface area contributed by atoms with Gasteiger partial charge in [-0.3, -0.25) is 0 Å². The summed E-state index contributed by atoms with van der Waals surface area (Å²) in [6.45, 7) is 0.832. The number of hydrogen-bond donors (Lipinski definition) is 2. The van der Waals surface area contributed by atoms with Crippen LogP contribution in [0.5, 0.6) is 5.75 Å². The predicted octanol–water partition coefficient (Wildman–Crippen LogP) is 2.53. The lowest BCUT2D eigenvalue weighted by Gasteiger charge is -2.18. The highest BCUT2D eigenvalue weighted by atomic mass is 16.3. The minimum Gasteiger partial charge on any atom is -0.508 e. The molecule has 0 unspecified atom stereocenters. The first-order valence-corrected chi connectivity index (χ1v) is 8.25. The SMILES string of the molecule is CN(Cc1ccccc1)C(=O)NCc1c(-c2ccc(O)cc2)nnn1C. The zero-order valence-electron chi connectivity index (χ0n) is 14.8. The fraction of sp³-hybridized carbons (Fsp3) is 0.211. The predicted molar refractivity (Wildman–Crippen MR) is 98.2 cm³/mol. The number of urea groups is 1. The summed E-state index contributed by atoms with van der Waals surface area (Å²) in [6, 6.07) is 16.4. The summed E-state index contributed by atoms with van der Waals surface area (Å²) in [5, 5.41) is 20.6. The number of amides is 2. The standard InChI is InChI=1S/C19H21N5O2/c1-23(13-14-6-4-3-5-7-14)19(26)20-12-17-18(21-22-24(17)2)15-8-10-16(25)11-9-15/h3-11,25H,12-13H2,1-2H3,(H,20,26). The fourth-order valence-corrected chi connectivity index (χ4v) is 2.64. The fourth-order valence-electron chi connectivity index (χ4n) is 2.64. The smallest absolute Gasteiger partial charge is 0.317 e. The van der Waals surface area contributed by atoms with Crippen molar-refractivity contribution in [1.29, 1.82) is 0 Å². The number of benzene rings is 2. The Morgan fingerprint density at radius 3 is 2.54 bits per heavy atom. The number of nitrogens with one attached hydrogen (secondary N) is 1. The van der Waals surface area contributed by atoms with Crippen LogP contribution in [0.4, 0.5) is 4.79 Å². The van der Waals surface area contributed by atoms with E-state index in [1.807, 2.05) is 30.3 Å². The summed E-state index contributed by atoms with van der Waals surface area (Å²) in [7, 11) is 3.54.